The fourth-order valence-corrected chi connectivity index (χ4v) is 1.83. The number of ether oxygens (including phenoxy) is 1. The molecule has 0 aliphatic heterocycles. The number of likely N-dealkylation sites (N-methyl/N-ethyl adjacent to an activating group) is 1. The fourth-order valence-electron chi connectivity index (χ4n) is 1.83. The van der Waals surface area contributed by atoms with E-state index in [1.54, 1.807) is 27.3 Å². The Morgan fingerprint density at radius 2 is 2.09 bits per heavy atom. The molecule has 0 fully saturated rings. The summed E-state index contributed by atoms with van der Waals surface area (Å²) in [5.74, 6) is 1.35. The van der Waals surface area contributed by atoms with Crippen molar-refractivity contribution >= 4 is 11.9 Å². The Labute approximate surface area is 137 Å². The lowest BCUT2D eigenvalue weighted by molar-refractivity contribution is -0.127. The molecule has 0 aliphatic carbocycles. The Balaban J connectivity index is 2.55. The van der Waals surface area contributed by atoms with Crippen molar-refractivity contribution in [1.29, 1.82) is 0 Å². The van der Waals surface area contributed by atoms with Gasteiger partial charge in [-0.05, 0) is 25.0 Å². The summed E-state index contributed by atoms with van der Waals surface area (Å²) in [5, 5.41) is 16.2. The highest BCUT2D eigenvalue weighted by atomic mass is 16.5. The van der Waals surface area contributed by atoms with Gasteiger partial charge in [0.2, 0.25) is 5.91 Å². The minimum absolute atomic E-state index is 0.0602. The summed E-state index contributed by atoms with van der Waals surface area (Å²) in [5.41, 5.74) is 0.818. The molecule has 1 aromatic carbocycles. The van der Waals surface area contributed by atoms with E-state index in [1.165, 1.54) is 4.90 Å². The molecule has 0 unspecified atom stereocenters. The molecule has 0 aromatic heterocycles. The maximum atomic E-state index is 11.6. The lowest BCUT2D eigenvalue weighted by atomic mass is 10.1. The van der Waals surface area contributed by atoms with Gasteiger partial charge in [0.1, 0.15) is 18.0 Å². The Morgan fingerprint density at radius 3 is 2.65 bits per heavy atom. The number of nitrogens with zero attached hydrogens (tertiary/aromatic N) is 2. The number of phenolic OH excluding ortho intramolecular Hbond substituents is 1. The molecule has 3 N–H and O–H groups in total. The molecule has 1 rings (SSSR count). The SMILES string of the molecule is CCNC(=NCC(=O)N(C)C)NCCc1ccc(OC)cc1O. The molecular weight excluding hydrogens is 296 g/mol. The van der Waals surface area contributed by atoms with Crippen LogP contribution in [0.5, 0.6) is 11.5 Å². The minimum atomic E-state index is -0.0602. The predicted octanol–water partition coefficient (Wildman–Crippen LogP) is 0.587. The molecule has 0 saturated carbocycles. The summed E-state index contributed by atoms with van der Waals surface area (Å²) in [6.07, 6.45) is 0.627. The van der Waals surface area contributed by atoms with Crippen LogP contribution in [0.15, 0.2) is 23.2 Å². The van der Waals surface area contributed by atoms with Crippen molar-refractivity contribution in [2.24, 2.45) is 4.99 Å². The lowest BCUT2D eigenvalue weighted by Gasteiger charge is -2.13. The van der Waals surface area contributed by atoms with Gasteiger partial charge in [0.05, 0.1) is 7.11 Å². The first-order valence-corrected chi connectivity index (χ1v) is 7.56. The number of phenols is 1. The number of aromatic hydroxyl groups is 1. The number of carbonyl (C=O) groups excluding carboxylic acids is 1. The van der Waals surface area contributed by atoms with E-state index in [0.717, 1.165) is 5.56 Å². The van der Waals surface area contributed by atoms with Crippen molar-refractivity contribution in [3.05, 3.63) is 23.8 Å². The van der Waals surface area contributed by atoms with Crippen LogP contribution in [0, 0.1) is 0 Å². The number of benzene rings is 1. The first-order valence-electron chi connectivity index (χ1n) is 7.56. The highest BCUT2D eigenvalue weighted by molar-refractivity contribution is 5.84. The van der Waals surface area contributed by atoms with Crippen LogP contribution < -0.4 is 15.4 Å². The van der Waals surface area contributed by atoms with Crippen molar-refractivity contribution in [3.63, 3.8) is 0 Å². The highest BCUT2D eigenvalue weighted by Gasteiger charge is 2.06. The molecule has 0 atom stereocenters. The third-order valence-electron chi connectivity index (χ3n) is 3.19. The number of guanidine groups is 1. The van der Waals surface area contributed by atoms with Gasteiger partial charge in [-0.3, -0.25) is 4.79 Å². The molecule has 0 heterocycles. The molecule has 0 radical (unpaired) electrons. The second-order valence-electron chi connectivity index (χ2n) is 5.15. The van der Waals surface area contributed by atoms with Crippen LogP contribution in [0.1, 0.15) is 12.5 Å². The van der Waals surface area contributed by atoms with Crippen molar-refractivity contribution in [3.8, 4) is 11.5 Å². The zero-order valence-corrected chi connectivity index (χ0v) is 14.2. The van der Waals surface area contributed by atoms with Crippen molar-refractivity contribution in [2.45, 2.75) is 13.3 Å². The Kier molecular flexibility index (Phi) is 7.73. The topological polar surface area (TPSA) is 86.2 Å². The predicted molar refractivity (Wildman–Crippen MR) is 91.0 cm³/mol. The molecule has 0 bridgehead atoms. The van der Waals surface area contributed by atoms with Gasteiger partial charge in [-0.2, -0.15) is 0 Å². The Hall–Kier alpha value is -2.44. The van der Waals surface area contributed by atoms with Gasteiger partial charge in [0.15, 0.2) is 5.96 Å². The molecule has 7 nitrogen and oxygen atoms in total. The van der Waals surface area contributed by atoms with Crippen molar-refractivity contribution < 1.29 is 14.6 Å². The molecule has 0 saturated heterocycles. The third kappa shape index (κ3) is 6.46. The molecule has 7 heteroatoms. The van der Waals surface area contributed by atoms with E-state index in [2.05, 4.69) is 15.6 Å². The van der Waals surface area contributed by atoms with Gasteiger partial charge in [-0.1, -0.05) is 6.07 Å². The number of aliphatic imine (C=N–C) groups is 1. The molecule has 0 aliphatic rings. The van der Waals surface area contributed by atoms with Crippen molar-refractivity contribution in [2.75, 3.05) is 40.8 Å². The number of methoxy groups -OCH3 is 1. The van der Waals surface area contributed by atoms with Gasteiger partial charge in [-0.25, -0.2) is 4.99 Å². The van der Waals surface area contributed by atoms with E-state index in [-0.39, 0.29) is 18.2 Å². The number of amides is 1. The summed E-state index contributed by atoms with van der Waals surface area (Å²) in [6.45, 7) is 3.34. The van der Waals surface area contributed by atoms with E-state index < -0.39 is 0 Å². The van der Waals surface area contributed by atoms with Gasteiger partial charge in [-0.15, -0.1) is 0 Å². The summed E-state index contributed by atoms with van der Waals surface area (Å²) < 4.78 is 5.06. The van der Waals surface area contributed by atoms with Crippen LogP contribution in [0.4, 0.5) is 0 Å². The summed E-state index contributed by atoms with van der Waals surface area (Å²) in [4.78, 5) is 17.3. The van der Waals surface area contributed by atoms with Crippen LogP contribution >= 0.6 is 0 Å². The van der Waals surface area contributed by atoms with Crippen LogP contribution in [-0.4, -0.2) is 62.7 Å². The number of hydrogen-bond acceptors (Lipinski definition) is 4. The molecule has 1 amide bonds. The standard InChI is InChI=1S/C16H26N4O3/c1-5-17-16(19-11-15(22)20(2)3)18-9-8-12-6-7-13(23-4)10-14(12)21/h6-7,10,21H,5,8-9,11H2,1-4H3,(H2,17,18,19). The second-order valence-corrected chi connectivity index (χ2v) is 5.15. The third-order valence-corrected chi connectivity index (χ3v) is 3.19. The minimum Gasteiger partial charge on any atom is -0.508 e. The monoisotopic (exact) mass is 322 g/mol. The van der Waals surface area contributed by atoms with Gasteiger partial charge < -0.3 is 25.4 Å². The van der Waals surface area contributed by atoms with Crippen LogP contribution in [0.2, 0.25) is 0 Å². The average Bonchev–Trinajstić information content (AvgIpc) is 2.53. The van der Waals surface area contributed by atoms with Gasteiger partial charge in [0.25, 0.3) is 0 Å². The Bertz CT molecular complexity index is 544. The normalized spacial score (nSPS) is 11.0. The number of hydrogen-bond donors (Lipinski definition) is 3. The molecular formula is C16H26N4O3. The van der Waals surface area contributed by atoms with Crippen molar-refractivity contribution in [1.82, 2.24) is 15.5 Å². The maximum Gasteiger partial charge on any atom is 0.243 e. The lowest BCUT2D eigenvalue weighted by Crippen LogP contribution is -2.39. The van der Waals surface area contributed by atoms with E-state index in [0.29, 0.717) is 31.2 Å². The zero-order chi connectivity index (χ0) is 17.2. The number of carbonyl (C=O) groups is 1. The number of nitrogens with one attached hydrogen (secondary N) is 2. The summed E-state index contributed by atoms with van der Waals surface area (Å²) >= 11 is 0. The van der Waals surface area contributed by atoms with Crippen LogP contribution in [0.25, 0.3) is 0 Å². The Morgan fingerprint density at radius 1 is 1.35 bits per heavy atom. The average molecular weight is 322 g/mol. The maximum absolute atomic E-state index is 11.6. The first kappa shape index (κ1) is 18.6. The summed E-state index contributed by atoms with van der Waals surface area (Å²) in [6, 6.07) is 5.23. The largest absolute Gasteiger partial charge is 0.508 e. The van der Waals surface area contributed by atoms with Gasteiger partial charge in [0, 0.05) is 33.3 Å². The van der Waals surface area contributed by atoms with E-state index in [9.17, 15) is 9.90 Å². The van der Waals surface area contributed by atoms with E-state index in [1.807, 2.05) is 19.1 Å². The van der Waals surface area contributed by atoms with Crippen LogP contribution in [-0.2, 0) is 11.2 Å². The first-order chi connectivity index (χ1) is 11.0. The van der Waals surface area contributed by atoms with E-state index >= 15 is 0 Å². The summed E-state index contributed by atoms with van der Waals surface area (Å²) in [7, 11) is 4.96. The smallest absolute Gasteiger partial charge is 0.243 e. The molecule has 1 aromatic rings. The quantitative estimate of drug-likeness (QED) is 0.505. The number of rotatable bonds is 7. The molecule has 23 heavy (non-hydrogen) atoms. The second kappa shape index (κ2) is 9.55. The highest BCUT2D eigenvalue weighted by Crippen LogP contribution is 2.23. The fraction of sp³-hybridized carbons (Fsp3) is 0.500. The van der Waals surface area contributed by atoms with Crippen LogP contribution in [0.3, 0.4) is 0 Å². The molecule has 0 spiro atoms. The zero-order valence-electron chi connectivity index (χ0n) is 14.2. The van der Waals surface area contributed by atoms with Gasteiger partial charge >= 0.3 is 0 Å². The molecule has 128 valence electrons. The van der Waals surface area contributed by atoms with E-state index in [4.69, 9.17) is 4.74 Å².